The minimum atomic E-state index is -0.0989. The van der Waals surface area contributed by atoms with Gasteiger partial charge in [0.15, 0.2) is 0 Å². The number of rotatable bonds is 3. The van der Waals surface area contributed by atoms with E-state index in [1.807, 2.05) is 50.4 Å². The highest BCUT2D eigenvalue weighted by atomic mass is 16.1. The van der Waals surface area contributed by atoms with Crippen molar-refractivity contribution in [3.8, 4) is 0 Å². The second kappa shape index (κ2) is 5.40. The number of nitrogens with one attached hydrogen (secondary N) is 1. The Morgan fingerprint density at radius 2 is 2.00 bits per heavy atom. The zero-order valence-corrected chi connectivity index (χ0v) is 12.1. The van der Waals surface area contributed by atoms with Gasteiger partial charge in [0, 0.05) is 30.0 Å². The van der Waals surface area contributed by atoms with Crippen molar-refractivity contribution >= 4 is 16.8 Å². The molecule has 0 aliphatic rings. The molecule has 3 aromatic rings. The van der Waals surface area contributed by atoms with Gasteiger partial charge in [-0.3, -0.25) is 9.78 Å². The lowest BCUT2D eigenvalue weighted by Crippen LogP contribution is -2.24. The molecule has 0 aliphatic heterocycles. The summed E-state index contributed by atoms with van der Waals surface area (Å²) in [5.41, 5.74) is 3.60. The number of nitrogens with zero attached hydrogens (tertiary/aromatic N) is 2. The highest BCUT2D eigenvalue weighted by Gasteiger charge is 2.11. The molecule has 0 saturated carbocycles. The average Bonchev–Trinajstić information content (AvgIpc) is 2.84. The van der Waals surface area contributed by atoms with Crippen molar-refractivity contribution in [3.63, 3.8) is 0 Å². The van der Waals surface area contributed by atoms with Gasteiger partial charge < -0.3 is 9.88 Å². The number of fused-ring (bicyclic) bond motifs is 1. The molecule has 1 N–H and O–H groups in total. The normalized spacial score (nSPS) is 10.8. The third kappa shape index (κ3) is 2.52. The lowest BCUT2D eigenvalue weighted by atomic mass is 10.1. The number of carbonyl (C=O) groups excluding carboxylic acids is 1. The molecule has 0 saturated heterocycles. The SMILES string of the molecule is Cc1ccc(CNC(=O)c2cccc3cccnc23)n1C. The van der Waals surface area contributed by atoms with E-state index in [4.69, 9.17) is 0 Å². The van der Waals surface area contributed by atoms with Crippen molar-refractivity contribution in [2.24, 2.45) is 7.05 Å². The molecule has 0 bridgehead atoms. The molecule has 1 aromatic carbocycles. The summed E-state index contributed by atoms with van der Waals surface area (Å²) in [6, 6.07) is 13.5. The predicted octanol–water partition coefficient (Wildman–Crippen LogP) is 2.81. The molecule has 0 atom stereocenters. The van der Waals surface area contributed by atoms with Crippen molar-refractivity contribution < 1.29 is 4.79 Å². The van der Waals surface area contributed by atoms with Crippen LogP contribution in [0.25, 0.3) is 10.9 Å². The Morgan fingerprint density at radius 1 is 1.19 bits per heavy atom. The van der Waals surface area contributed by atoms with Crippen molar-refractivity contribution in [2.75, 3.05) is 0 Å². The van der Waals surface area contributed by atoms with Crippen LogP contribution in [0, 0.1) is 6.92 Å². The standard InChI is InChI=1S/C17H17N3O/c1-12-8-9-14(20(12)2)11-19-17(21)15-7-3-5-13-6-4-10-18-16(13)15/h3-10H,11H2,1-2H3,(H,19,21). The molecule has 0 unspecified atom stereocenters. The van der Waals surface area contributed by atoms with Crippen molar-refractivity contribution in [1.29, 1.82) is 0 Å². The van der Waals surface area contributed by atoms with Gasteiger partial charge in [0.25, 0.3) is 5.91 Å². The zero-order valence-electron chi connectivity index (χ0n) is 12.1. The summed E-state index contributed by atoms with van der Waals surface area (Å²) in [4.78, 5) is 16.7. The minimum absolute atomic E-state index is 0.0989. The van der Waals surface area contributed by atoms with Crippen molar-refractivity contribution in [2.45, 2.75) is 13.5 Å². The molecule has 106 valence electrons. The first-order chi connectivity index (χ1) is 10.2. The van der Waals surface area contributed by atoms with E-state index in [2.05, 4.69) is 14.9 Å². The van der Waals surface area contributed by atoms with Gasteiger partial charge in [-0.2, -0.15) is 0 Å². The number of hydrogen-bond donors (Lipinski definition) is 1. The van der Waals surface area contributed by atoms with E-state index in [-0.39, 0.29) is 5.91 Å². The van der Waals surface area contributed by atoms with Crippen LogP contribution in [0.2, 0.25) is 0 Å². The quantitative estimate of drug-likeness (QED) is 0.801. The first-order valence-corrected chi connectivity index (χ1v) is 6.90. The predicted molar refractivity (Wildman–Crippen MR) is 83.1 cm³/mol. The number of para-hydroxylation sites is 1. The molecule has 0 aliphatic carbocycles. The molecule has 21 heavy (non-hydrogen) atoms. The number of aryl methyl sites for hydroxylation is 1. The molecule has 2 heterocycles. The molecule has 0 fully saturated rings. The number of carbonyl (C=O) groups is 1. The maximum Gasteiger partial charge on any atom is 0.253 e. The summed E-state index contributed by atoms with van der Waals surface area (Å²) in [6.45, 7) is 2.55. The lowest BCUT2D eigenvalue weighted by molar-refractivity contribution is 0.0951. The van der Waals surface area contributed by atoms with E-state index in [0.29, 0.717) is 12.1 Å². The highest BCUT2D eigenvalue weighted by Crippen LogP contribution is 2.16. The topological polar surface area (TPSA) is 46.9 Å². The summed E-state index contributed by atoms with van der Waals surface area (Å²) in [5.74, 6) is -0.0989. The Balaban J connectivity index is 1.83. The second-order valence-corrected chi connectivity index (χ2v) is 5.09. The van der Waals surface area contributed by atoms with Crippen LogP contribution in [0.5, 0.6) is 0 Å². The fourth-order valence-corrected chi connectivity index (χ4v) is 2.40. The second-order valence-electron chi connectivity index (χ2n) is 5.09. The van der Waals surface area contributed by atoms with E-state index in [9.17, 15) is 4.79 Å². The minimum Gasteiger partial charge on any atom is -0.350 e. The Bertz CT molecular complexity index is 799. The van der Waals surface area contributed by atoms with Gasteiger partial charge in [0.05, 0.1) is 17.6 Å². The van der Waals surface area contributed by atoms with E-state index in [1.54, 1.807) is 12.3 Å². The van der Waals surface area contributed by atoms with E-state index in [1.165, 1.54) is 5.69 Å². The van der Waals surface area contributed by atoms with Crippen LogP contribution in [-0.2, 0) is 13.6 Å². The largest absolute Gasteiger partial charge is 0.350 e. The Hall–Kier alpha value is -2.62. The zero-order chi connectivity index (χ0) is 14.8. The average molecular weight is 279 g/mol. The van der Waals surface area contributed by atoms with Crippen LogP contribution < -0.4 is 5.32 Å². The lowest BCUT2D eigenvalue weighted by Gasteiger charge is -2.09. The summed E-state index contributed by atoms with van der Waals surface area (Å²) < 4.78 is 2.07. The molecule has 3 rings (SSSR count). The van der Waals surface area contributed by atoms with E-state index in [0.717, 1.165) is 16.6 Å². The summed E-state index contributed by atoms with van der Waals surface area (Å²) >= 11 is 0. The van der Waals surface area contributed by atoms with Gasteiger partial charge >= 0.3 is 0 Å². The van der Waals surface area contributed by atoms with E-state index >= 15 is 0 Å². The maximum absolute atomic E-state index is 12.4. The molecule has 0 spiro atoms. The number of hydrogen-bond acceptors (Lipinski definition) is 2. The third-order valence-corrected chi connectivity index (χ3v) is 3.78. The van der Waals surface area contributed by atoms with E-state index < -0.39 is 0 Å². The Labute approximate surface area is 123 Å². The molecular weight excluding hydrogens is 262 g/mol. The fourth-order valence-electron chi connectivity index (χ4n) is 2.40. The highest BCUT2D eigenvalue weighted by molar-refractivity contribution is 6.05. The number of aromatic nitrogens is 2. The van der Waals surface area contributed by atoms with Crippen molar-refractivity contribution in [1.82, 2.24) is 14.9 Å². The molecule has 4 heteroatoms. The van der Waals surface area contributed by atoms with Crippen LogP contribution in [0.1, 0.15) is 21.7 Å². The van der Waals surface area contributed by atoms with Crippen LogP contribution in [0.4, 0.5) is 0 Å². The monoisotopic (exact) mass is 279 g/mol. The van der Waals surface area contributed by atoms with Gasteiger partial charge in [-0.15, -0.1) is 0 Å². The number of amides is 1. The van der Waals surface area contributed by atoms with Gasteiger partial charge in [-0.05, 0) is 31.2 Å². The van der Waals surface area contributed by atoms with Gasteiger partial charge in [-0.25, -0.2) is 0 Å². The summed E-state index contributed by atoms with van der Waals surface area (Å²) in [5, 5.41) is 3.93. The fraction of sp³-hybridized carbons (Fsp3) is 0.176. The summed E-state index contributed by atoms with van der Waals surface area (Å²) in [7, 11) is 2.00. The van der Waals surface area contributed by atoms with Gasteiger partial charge in [0.2, 0.25) is 0 Å². The number of pyridine rings is 1. The smallest absolute Gasteiger partial charge is 0.253 e. The van der Waals surface area contributed by atoms with Gasteiger partial charge in [-0.1, -0.05) is 18.2 Å². The molecule has 4 nitrogen and oxygen atoms in total. The Kier molecular flexibility index (Phi) is 3.44. The number of benzene rings is 1. The first kappa shape index (κ1) is 13.4. The third-order valence-electron chi connectivity index (χ3n) is 3.78. The van der Waals surface area contributed by atoms with Crippen LogP contribution in [-0.4, -0.2) is 15.5 Å². The maximum atomic E-state index is 12.4. The molecular formula is C17H17N3O. The summed E-state index contributed by atoms with van der Waals surface area (Å²) in [6.07, 6.45) is 1.71. The van der Waals surface area contributed by atoms with Crippen LogP contribution >= 0.6 is 0 Å². The van der Waals surface area contributed by atoms with Crippen LogP contribution in [0.3, 0.4) is 0 Å². The molecule has 2 aromatic heterocycles. The molecule has 0 radical (unpaired) electrons. The molecule has 1 amide bonds. The van der Waals surface area contributed by atoms with Crippen molar-refractivity contribution in [3.05, 3.63) is 65.6 Å². The van der Waals surface area contributed by atoms with Crippen LogP contribution in [0.15, 0.2) is 48.7 Å². The first-order valence-electron chi connectivity index (χ1n) is 6.90. The van der Waals surface area contributed by atoms with Gasteiger partial charge in [0.1, 0.15) is 0 Å². The Morgan fingerprint density at radius 3 is 2.76 bits per heavy atom.